The Hall–Kier alpha value is -2.14. The first-order chi connectivity index (χ1) is 11.8. The summed E-state index contributed by atoms with van der Waals surface area (Å²) in [7, 11) is 0. The Labute approximate surface area is 157 Å². The highest BCUT2D eigenvalue weighted by atomic mass is 79.9. The van der Waals surface area contributed by atoms with Gasteiger partial charge in [-0.15, -0.1) is 0 Å². The Bertz CT molecular complexity index is 726. The summed E-state index contributed by atoms with van der Waals surface area (Å²) in [6.45, 7) is 5.44. The van der Waals surface area contributed by atoms with Crippen molar-refractivity contribution in [3.05, 3.63) is 69.7 Å². The summed E-state index contributed by atoms with van der Waals surface area (Å²) < 4.78 is 0.954. The number of hydrogen-bond donors (Lipinski definition) is 2. The first-order valence-corrected chi connectivity index (χ1v) is 9.03. The Morgan fingerprint density at radius 2 is 1.52 bits per heavy atom. The van der Waals surface area contributed by atoms with Crippen molar-refractivity contribution >= 4 is 27.7 Å². The van der Waals surface area contributed by atoms with Crippen molar-refractivity contribution in [2.45, 2.75) is 39.3 Å². The standard InChI is InChI=1S/C20H23BrN2O2/c1-13-4-6-16(7-5-13)14(2)22-20(25)12-19(23-15(3)24)17-8-10-18(21)11-9-17/h4-11,14,19H,12H2,1-3H3,(H,22,25)(H,23,24). The van der Waals surface area contributed by atoms with E-state index in [9.17, 15) is 9.59 Å². The van der Waals surface area contributed by atoms with E-state index in [-0.39, 0.29) is 30.3 Å². The van der Waals surface area contributed by atoms with Crippen LogP contribution >= 0.6 is 15.9 Å². The second-order valence-electron chi connectivity index (χ2n) is 6.21. The minimum absolute atomic E-state index is 0.0870. The lowest BCUT2D eigenvalue weighted by Gasteiger charge is -2.20. The van der Waals surface area contributed by atoms with Gasteiger partial charge in [0.2, 0.25) is 11.8 Å². The van der Waals surface area contributed by atoms with Crippen LogP contribution in [0.15, 0.2) is 53.0 Å². The predicted octanol–water partition coefficient (Wildman–Crippen LogP) is 4.20. The highest BCUT2D eigenvalue weighted by Gasteiger charge is 2.18. The zero-order valence-electron chi connectivity index (χ0n) is 14.7. The number of amides is 2. The van der Waals surface area contributed by atoms with E-state index in [1.165, 1.54) is 12.5 Å². The molecule has 0 aliphatic carbocycles. The highest BCUT2D eigenvalue weighted by Crippen LogP contribution is 2.21. The fraction of sp³-hybridized carbons (Fsp3) is 0.300. The van der Waals surface area contributed by atoms with E-state index in [2.05, 4.69) is 26.6 Å². The maximum Gasteiger partial charge on any atom is 0.222 e. The van der Waals surface area contributed by atoms with Crippen LogP contribution in [-0.4, -0.2) is 11.8 Å². The molecule has 2 rings (SSSR count). The number of carbonyl (C=O) groups is 2. The van der Waals surface area contributed by atoms with Gasteiger partial charge in [-0.3, -0.25) is 9.59 Å². The molecular weight excluding hydrogens is 380 g/mol. The second kappa shape index (κ2) is 8.81. The van der Waals surface area contributed by atoms with Crippen molar-refractivity contribution in [1.29, 1.82) is 0 Å². The third-order valence-electron chi connectivity index (χ3n) is 3.99. The van der Waals surface area contributed by atoms with Crippen molar-refractivity contribution in [2.24, 2.45) is 0 Å². The van der Waals surface area contributed by atoms with Gasteiger partial charge >= 0.3 is 0 Å². The third-order valence-corrected chi connectivity index (χ3v) is 4.52. The number of halogens is 1. The predicted molar refractivity (Wildman–Crippen MR) is 103 cm³/mol. The van der Waals surface area contributed by atoms with Crippen molar-refractivity contribution in [3.63, 3.8) is 0 Å². The molecule has 2 atom stereocenters. The molecule has 4 nitrogen and oxygen atoms in total. The van der Waals surface area contributed by atoms with Gasteiger partial charge in [-0.05, 0) is 37.1 Å². The molecule has 5 heteroatoms. The zero-order chi connectivity index (χ0) is 18.4. The van der Waals surface area contributed by atoms with Gasteiger partial charge in [-0.25, -0.2) is 0 Å². The van der Waals surface area contributed by atoms with Gasteiger partial charge in [0, 0.05) is 11.4 Å². The number of benzene rings is 2. The monoisotopic (exact) mass is 402 g/mol. The Kier molecular flexibility index (Phi) is 6.76. The maximum absolute atomic E-state index is 12.5. The van der Waals surface area contributed by atoms with Gasteiger partial charge in [-0.2, -0.15) is 0 Å². The summed E-state index contributed by atoms with van der Waals surface area (Å²) in [6.07, 6.45) is 0.192. The molecule has 25 heavy (non-hydrogen) atoms. The lowest BCUT2D eigenvalue weighted by molar-refractivity contribution is -0.123. The molecule has 0 spiro atoms. The molecule has 0 fully saturated rings. The van der Waals surface area contributed by atoms with Crippen LogP contribution in [0, 0.1) is 6.92 Å². The van der Waals surface area contributed by atoms with E-state index in [1.807, 2.05) is 62.4 Å². The Balaban J connectivity index is 2.04. The lowest BCUT2D eigenvalue weighted by Crippen LogP contribution is -2.33. The first kappa shape index (κ1) is 19.2. The van der Waals surface area contributed by atoms with E-state index in [0.717, 1.165) is 15.6 Å². The van der Waals surface area contributed by atoms with Crippen LogP contribution in [0.4, 0.5) is 0 Å². The summed E-state index contributed by atoms with van der Waals surface area (Å²) in [5.74, 6) is -0.262. The smallest absolute Gasteiger partial charge is 0.222 e. The van der Waals surface area contributed by atoms with Crippen LogP contribution in [0.1, 0.15) is 49.0 Å². The summed E-state index contributed by atoms with van der Waals surface area (Å²) in [5, 5.41) is 5.85. The molecule has 2 aromatic carbocycles. The molecule has 0 saturated heterocycles. The molecule has 0 heterocycles. The summed E-state index contributed by atoms with van der Waals surface area (Å²) in [5.41, 5.74) is 3.14. The number of rotatable bonds is 6. The minimum atomic E-state index is -0.351. The van der Waals surface area contributed by atoms with Crippen LogP contribution in [0.5, 0.6) is 0 Å². The zero-order valence-corrected chi connectivity index (χ0v) is 16.3. The normalized spacial score (nSPS) is 13.0. The van der Waals surface area contributed by atoms with E-state index < -0.39 is 0 Å². The molecule has 2 unspecified atom stereocenters. The minimum Gasteiger partial charge on any atom is -0.350 e. The molecule has 2 amide bonds. The van der Waals surface area contributed by atoms with E-state index in [0.29, 0.717) is 0 Å². The molecule has 2 N–H and O–H groups in total. The van der Waals surface area contributed by atoms with Gasteiger partial charge in [0.25, 0.3) is 0 Å². The summed E-state index contributed by atoms with van der Waals surface area (Å²) in [4.78, 5) is 24.0. The number of carbonyl (C=O) groups excluding carboxylic acids is 2. The molecule has 0 radical (unpaired) electrons. The molecule has 0 saturated carbocycles. The molecule has 0 bridgehead atoms. The summed E-state index contributed by atoms with van der Waals surface area (Å²) in [6, 6.07) is 15.3. The van der Waals surface area contributed by atoms with Gasteiger partial charge in [0.1, 0.15) is 0 Å². The molecule has 2 aromatic rings. The first-order valence-electron chi connectivity index (χ1n) is 8.23. The van der Waals surface area contributed by atoms with Crippen LogP contribution in [-0.2, 0) is 9.59 Å². The highest BCUT2D eigenvalue weighted by molar-refractivity contribution is 9.10. The van der Waals surface area contributed by atoms with Crippen molar-refractivity contribution in [3.8, 4) is 0 Å². The maximum atomic E-state index is 12.5. The Morgan fingerprint density at radius 1 is 0.960 bits per heavy atom. The third kappa shape index (κ3) is 6.02. The Morgan fingerprint density at radius 3 is 2.08 bits per heavy atom. The van der Waals surface area contributed by atoms with Crippen molar-refractivity contribution < 1.29 is 9.59 Å². The average molecular weight is 403 g/mol. The van der Waals surface area contributed by atoms with Crippen LogP contribution in [0.25, 0.3) is 0 Å². The van der Waals surface area contributed by atoms with E-state index in [1.54, 1.807) is 0 Å². The second-order valence-corrected chi connectivity index (χ2v) is 7.12. The average Bonchev–Trinajstić information content (AvgIpc) is 2.55. The summed E-state index contributed by atoms with van der Waals surface area (Å²) >= 11 is 3.39. The van der Waals surface area contributed by atoms with Crippen LogP contribution in [0.3, 0.4) is 0 Å². The van der Waals surface area contributed by atoms with E-state index in [4.69, 9.17) is 0 Å². The van der Waals surface area contributed by atoms with Crippen LogP contribution < -0.4 is 10.6 Å². The number of nitrogens with one attached hydrogen (secondary N) is 2. The number of aryl methyl sites for hydroxylation is 1. The van der Waals surface area contributed by atoms with E-state index >= 15 is 0 Å². The van der Waals surface area contributed by atoms with Crippen LogP contribution in [0.2, 0.25) is 0 Å². The molecule has 132 valence electrons. The topological polar surface area (TPSA) is 58.2 Å². The van der Waals surface area contributed by atoms with Gasteiger partial charge in [0.15, 0.2) is 0 Å². The van der Waals surface area contributed by atoms with Crippen molar-refractivity contribution in [2.75, 3.05) is 0 Å². The fourth-order valence-electron chi connectivity index (χ4n) is 2.62. The quantitative estimate of drug-likeness (QED) is 0.760. The molecule has 0 aliphatic rings. The van der Waals surface area contributed by atoms with Gasteiger partial charge in [0.05, 0.1) is 18.5 Å². The largest absolute Gasteiger partial charge is 0.350 e. The van der Waals surface area contributed by atoms with Gasteiger partial charge < -0.3 is 10.6 Å². The SMILES string of the molecule is CC(=O)NC(CC(=O)NC(C)c1ccc(C)cc1)c1ccc(Br)cc1. The number of hydrogen-bond acceptors (Lipinski definition) is 2. The van der Waals surface area contributed by atoms with Gasteiger partial charge in [-0.1, -0.05) is 57.9 Å². The fourth-order valence-corrected chi connectivity index (χ4v) is 2.88. The van der Waals surface area contributed by atoms with Crippen molar-refractivity contribution in [1.82, 2.24) is 10.6 Å². The lowest BCUT2D eigenvalue weighted by atomic mass is 10.0. The molecule has 0 aromatic heterocycles. The molecular formula is C20H23BrN2O2. The molecule has 0 aliphatic heterocycles.